The van der Waals surface area contributed by atoms with E-state index in [9.17, 15) is 13.6 Å². The van der Waals surface area contributed by atoms with E-state index in [1.165, 1.54) is 24.2 Å². The van der Waals surface area contributed by atoms with Gasteiger partial charge in [0, 0.05) is 12.4 Å². The molecule has 0 fully saturated rings. The second-order valence-corrected chi connectivity index (χ2v) is 4.83. The molecular weight excluding hydrogens is 276 g/mol. The number of ether oxygens (including phenoxy) is 1. The van der Waals surface area contributed by atoms with Crippen molar-refractivity contribution in [1.29, 1.82) is 0 Å². The number of thioether (sulfide) groups is 1. The Bertz CT molecular complexity index is 401. The molecule has 19 heavy (non-hydrogen) atoms. The number of aromatic nitrogens is 2. The monoisotopic (exact) mass is 293 g/mol. The lowest BCUT2D eigenvalue weighted by molar-refractivity contribution is -0.144. The quantitative estimate of drug-likeness (QED) is 0.584. The molecule has 0 bridgehead atoms. The lowest BCUT2D eigenvalue weighted by Gasteiger charge is -2.10. The van der Waals surface area contributed by atoms with Gasteiger partial charge in [-0.15, -0.1) is 0 Å². The third-order valence-corrected chi connectivity index (χ3v) is 3.34. The van der Waals surface area contributed by atoms with Crippen molar-refractivity contribution in [3.05, 3.63) is 18.2 Å². The largest absolute Gasteiger partial charge is 0.465 e. The maximum atomic E-state index is 12.5. The minimum Gasteiger partial charge on any atom is -0.465 e. The van der Waals surface area contributed by atoms with Gasteiger partial charge in [-0.25, -0.2) is 4.98 Å². The van der Waals surface area contributed by atoms with Crippen LogP contribution in [0.5, 0.6) is 0 Å². The molecule has 0 saturated carbocycles. The maximum absolute atomic E-state index is 12.5. The van der Waals surface area contributed by atoms with Crippen LogP contribution in [0, 0.1) is 0 Å². The molecule has 0 spiro atoms. The Morgan fingerprint density at radius 1 is 1.63 bits per heavy atom. The fraction of sp³-hybridized carbons (Fsp3) is 0.636. The first-order valence-corrected chi connectivity index (χ1v) is 7.01. The number of hydrogen-bond donors (Lipinski definition) is 1. The summed E-state index contributed by atoms with van der Waals surface area (Å²) >= 11 is 1.40. The molecule has 0 aliphatic heterocycles. The highest BCUT2D eigenvalue weighted by atomic mass is 32.2. The van der Waals surface area contributed by atoms with Crippen molar-refractivity contribution in [3.63, 3.8) is 0 Å². The molecule has 1 rings (SSSR count). The van der Waals surface area contributed by atoms with Gasteiger partial charge in [0.15, 0.2) is 0 Å². The van der Waals surface area contributed by atoms with Gasteiger partial charge in [-0.3, -0.25) is 9.36 Å². The maximum Gasteiger partial charge on any atom is 0.322 e. The average Bonchev–Trinajstić information content (AvgIpc) is 2.83. The highest BCUT2D eigenvalue weighted by Gasteiger charge is 2.15. The highest BCUT2D eigenvalue weighted by Crippen LogP contribution is 2.17. The highest BCUT2D eigenvalue weighted by molar-refractivity contribution is 7.98. The normalized spacial score (nSPS) is 12.7. The number of carbonyl (C=O) groups is 1. The van der Waals surface area contributed by atoms with Crippen LogP contribution in [0.2, 0.25) is 0 Å². The van der Waals surface area contributed by atoms with Gasteiger partial charge in [0.05, 0.1) is 12.4 Å². The average molecular weight is 293 g/mol. The second-order valence-electron chi connectivity index (χ2n) is 3.73. The predicted octanol–water partition coefficient (Wildman–Crippen LogP) is 1.79. The Labute approximate surface area is 114 Å². The lowest BCUT2D eigenvalue weighted by atomic mass is 10.2. The summed E-state index contributed by atoms with van der Waals surface area (Å²) in [5, 5.41) is 0. The summed E-state index contributed by atoms with van der Waals surface area (Å²) in [7, 11) is 0. The van der Waals surface area contributed by atoms with Crippen molar-refractivity contribution in [3.8, 4) is 0 Å². The van der Waals surface area contributed by atoms with Crippen molar-refractivity contribution in [1.82, 2.24) is 9.55 Å². The van der Waals surface area contributed by atoms with Gasteiger partial charge in [0.2, 0.25) is 0 Å². The molecule has 8 heteroatoms. The molecule has 1 aromatic rings. The van der Waals surface area contributed by atoms with E-state index in [-0.39, 0.29) is 0 Å². The molecular formula is C11H17F2N3O2S. The number of imidazole rings is 1. The van der Waals surface area contributed by atoms with Gasteiger partial charge >= 0.3 is 12.5 Å². The van der Waals surface area contributed by atoms with E-state index in [4.69, 9.17) is 10.5 Å². The molecule has 0 saturated heterocycles. The summed E-state index contributed by atoms with van der Waals surface area (Å²) < 4.78 is 30.6. The predicted molar refractivity (Wildman–Crippen MR) is 68.9 cm³/mol. The molecule has 1 aromatic heterocycles. The van der Waals surface area contributed by atoms with E-state index < -0.39 is 18.6 Å². The van der Waals surface area contributed by atoms with Crippen molar-refractivity contribution >= 4 is 17.7 Å². The molecule has 0 aromatic carbocycles. The lowest BCUT2D eigenvalue weighted by Crippen LogP contribution is -2.32. The molecule has 1 atom stereocenters. The minimum absolute atomic E-state index is 0.297. The number of rotatable bonds is 8. The SMILES string of the molecule is CCOC(=O)C(N)CCSCc1nccn1C(F)F. The van der Waals surface area contributed by atoms with E-state index in [0.717, 1.165) is 4.57 Å². The van der Waals surface area contributed by atoms with Crippen molar-refractivity contribution in [2.75, 3.05) is 12.4 Å². The molecule has 1 heterocycles. The molecule has 0 radical (unpaired) electrons. The topological polar surface area (TPSA) is 70.1 Å². The van der Waals surface area contributed by atoms with Crippen molar-refractivity contribution in [2.24, 2.45) is 5.73 Å². The van der Waals surface area contributed by atoms with Crippen LogP contribution in [0.3, 0.4) is 0 Å². The number of halogens is 2. The van der Waals surface area contributed by atoms with Crippen LogP contribution in [-0.4, -0.2) is 33.9 Å². The van der Waals surface area contributed by atoms with E-state index in [1.54, 1.807) is 6.92 Å². The van der Waals surface area contributed by atoms with Gasteiger partial charge < -0.3 is 10.5 Å². The van der Waals surface area contributed by atoms with Crippen molar-refractivity contribution in [2.45, 2.75) is 31.7 Å². The Kier molecular flexibility index (Phi) is 6.79. The third-order valence-electron chi connectivity index (χ3n) is 2.35. The van der Waals surface area contributed by atoms with Crippen LogP contribution in [0.1, 0.15) is 25.7 Å². The Morgan fingerprint density at radius 2 is 2.37 bits per heavy atom. The van der Waals surface area contributed by atoms with Gasteiger partial charge in [0.1, 0.15) is 11.9 Å². The molecule has 5 nitrogen and oxygen atoms in total. The first-order valence-electron chi connectivity index (χ1n) is 5.86. The summed E-state index contributed by atoms with van der Waals surface area (Å²) in [6.45, 7) is -0.574. The Hall–Kier alpha value is -1.15. The van der Waals surface area contributed by atoms with E-state index in [0.29, 0.717) is 30.4 Å². The van der Waals surface area contributed by atoms with Gasteiger partial charge in [-0.05, 0) is 19.1 Å². The standard InChI is InChI=1S/C11H17F2N3O2S/c1-2-18-10(17)8(14)3-6-19-7-9-15-4-5-16(9)11(12)13/h4-5,8,11H,2-3,6-7,14H2,1H3. The fourth-order valence-electron chi connectivity index (χ4n) is 1.37. The summed E-state index contributed by atoms with van der Waals surface area (Å²) in [4.78, 5) is 15.1. The summed E-state index contributed by atoms with van der Waals surface area (Å²) in [6.07, 6.45) is 3.02. The number of alkyl halides is 2. The van der Waals surface area contributed by atoms with E-state index in [1.807, 2.05) is 0 Å². The van der Waals surface area contributed by atoms with Crippen LogP contribution in [0.15, 0.2) is 12.4 Å². The van der Waals surface area contributed by atoms with Gasteiger partial charge in [-0.2, -0.15) is 20.5 Å². The smallest absolute Gasteiger partial charge is 0.322 e. The van der Waals surface area contributed by atoms with Gasteiger partial charge in [-0.1, -0.05) is 0 Å². The zero-order chi connectivity index (χ0) is 14.3. The number of carbonyl (C=O) groups excluding carboxylic acids is 1. The zero-order valence-corrected chi connectivity index (χ0v) is 11.4. The molecule has 0 aliphatic carbocycles. The fourth-order valence-corrected chi connectivity index (χ4v) is 2.35. The molecule has 1 unspecified atom stereocenters. The van der Waals surface area contributed by atoms with E-state index in [2.05, 4.69) is 4.98 Å². The number of esters is 1. The number of hydrogen-bond acceptors (Lipinski definition) is 5. The number of nitrogens with zero attached hydrogens (tertiary/aromatic N) is 2. The van der Waals surface area contributed by atoms with Crippen LogP contribution in [0.25, 0.3) is 0 Å². The minimum atomic E-state index is -2.58. The first-order chi connectivity index (χ1) is 9.06. The van der Waals surface area contributed by atoms with E-state index >= 15 is 0 Å². The third kappa shape index (κ3) is 5.15. The zero-order valence-electron chi connectivity index (χ0n) is 10.6. The number of nitrogens with two attached hydrogens (primary N) is 1. The summed E-state index contributed by atoms with van der Waals surface area (Å²) in [5.41, 5.74) is 5.61. The Balaban J connectivity index is 2.27. The molecule has 2 N–H and O–H groups in total. The second kappa shape index (κ2) is 8.11. The first kappa shape index (κ1) is 15.9. The van der Waals surface area contributed by atoms with Gasteiger partial charge in [0.25, 0.3) is 0 Å². The van der Waals surface area contributed by atoms with Crippen LogP contribution >= 0.6 is 11.8 Å². The van der Waals surface area contributed by atoms with Crippen LogP contribution in [-0.2, 0) is 15.3 Å². The summed E-state index contributed by atoms with van der Waals surface area (Å²) in [5.74, 6) is 0.810. The van der Waals surface area contributed by atoms with Crippen molar-refractivity contribution < 1.29 is 18.3 Å². The Morgan fingerprint density at radius 3 is 3.00 bits per heavy atom. The van der Waals surface area contributed by atoms with Crippen LogP contribution in [0.4, 0.5) is 8.78 Å². The molecule has 0 amide bonds. The summed E-state index contributed by atoms with van der Waals surface area (Å²) in [6, 6.07) is -0.665. The van der Waals surface area contributed by atoms with Crippen LogP contribution < -0.4 is 5.73 Å². The molecule has 0 aliphatic rings. The molecule has 108 valence electrons.